The fourth-order valence-corrected chi connectivity index (χ4v) is 2.71. The summed E-state index contributed by atoms with van der Waals surface area (Å²) in [5.74, 6) is 2.09. The van der Waals surface area contributed by atoms with Gasteiger partial charge in [-0.2, -0.15) is 0 Å². The van der Waals surface area contributed by atoms with E-state index in [1.165, 1.54) is 6.42 Å². The highest BCUT2D eigenvalue weighted by Crippen LogP contribution is 2.51. The molecule has 1 fully saturated rings. The van der Waals surface area contributed by atoms with E-state index < -0.39 is 0 Å². The monoisotopic (exact) mass is 251 g/mol. The van der Waals surface area contributed by atoms with Gasteiger partial charge in [0, 0.05) is 17.5 Å². The molecule has 0 unspecified atom stereocenters. The Morgan fingerprint density at radius 2 is 1.72 bits per heavy atom. The molecule has 0 aromatic heterocycles. The lowest BCUT2D eigenvalue weighted by molar-refractivity contribution is 0.238. The lowest BCUT2D eigenvalue weighted by atomic mass is 9.64. The summed E-state index contributed by atoms with van der Waals surface area (Å²) in [5, 5.41) is 0. The summed E-state index contributed by atoms with van der Waals surface area (Å²) >= 11 is 0. The number of ether oxygens (including phenoxy) is 3. The molecule has 100 valence electrons. The Kier molecular flexibility index (Phi) is 3.66. The first kappa shape index (κ1) is 13.0. The van der Waals surface area contributed by atoms with E-state index in [0.717, 1.165) is 24.2 Å². The Labute approximate surface area is 108 Å². The molecule has 4 heteroatoms. The normalized spacial score (nSPS) is 16.9. The highest BCUT2D eigenvalue weighted by atomic mass is 16.5. The van der Waals surface area contributed by atoms with Crippen LogP contribution in [0.2, 0.25) is 0 Å². The Bertz CT molecular complexity index is 422. The fourth-order valence-electron chi connectivity index (χ4n) is 2.71. The van der Waals surface area contributed by atoms with Gasteiger partial charge in [0.1, 0.15) is 0 Å². The van der Waals surface area contributed by atoms with Crippen LogP contribution in [0.15, 0.2) is 12.1 Å². The maximum atomic E-state index is 5.96. The molecule has 1 aromatic rings. The molecule has 2 N–H and O–H groups in total. The SMILES string of the molecule is COc1ccc(C2(CN)CCC2)c(OC)c1OC. The van der Waals surface area contributed by atoms with Gasteiger partial charge in [0.25, 0.3) is 0 Å². The van der Waals surface area contributed by atoms with Gasteiger partial charge in [-0.05, 0) is 18.9 Å². The van der Waals surface area contributed by atoms with Gasteiger partial charge in [0.15, 0.2) is 11.5 Å². The topological polar surface area (TPSA) is 53.7 Å². The van der Waals surface area contributed by atoms with Gasteiger partial charge in [-0.25, -0.2) is 0 Å². The highest BCUT2D eigenvalue weighted by Gasteiger charge is 2.40. The molecule has 0 amide bonds. The van der Waals surface area contributed by atoms with Crippen molar-refractivity contribution in [3.63, 3.8) is 0 Å². The summed E-state index contributed by atoms with van der Waals surface area (Å²) < 4.78 is 16.2. The first-order chi connectivity index (χ1) is 8.72. The second kappa shape index (κ2) is 5.06. The second-order valence-electron chi connectivity index (χ2n) is 4.72. The van der Waals surface area contributed by atoms with E-state index >= 15 is 0 Å². The van der Waals surface area contributed by atoms with Crippen LogP contribution in [0.3, 0.4) is 0 Å². The Hall–Kier alpha value is -1.42. The summed E-state index contributed by atoms with van der Waals surface area (Å²) in [7, 11) is 4.91. The third-order valence-electron chi connectivity index (χ3n) is 3.98. The number of rotatable bonds is 5. The summed E-state index contributed by atoms with van der Waals surface area (Å²) in [6.45, 7) is 0.638. The van der Waals surface area contributed by atoms with E-state index in [1.54, 1.807) is 21.3 Å². The minimum atomic E-state index is 0.0465. The lowest BCUT2D eigenvalue weighted by Crippen LogP contribution is -2.41. The zero-order chi connectivity index (χ0) is 13.2. The van der Waals surface area contributed by atoms with Crippen LogP contribution in [-0.2, 0) is 5.41 Å². The molecule has 4 nitrogen and oxygen atoms in total. The summed E-state index contributed by atoms with van der Waals surface area (Å²) in [5.41, 5.74) is 7.14. The van der Waals surface area contributed by atoms with Crippen LogP contribution >= 0.6 is 0 Å². The third-order valence-corrected chi connectivity index (χ3v) is 3.98. The van der Waals surface area contributed by atoms with Gasteiger partial charge >= 0.3 is 0 Å². The fraction of sp³-hybridized carbons (Fsp3) is 0.571. The predicted molar refractivity (Wildman–Crippen MR) is 70.7 cm³/mol. The van der Waals surface area contributed by atoms with Crippen LogP contribution in [-0.4, -0.2) is 27.9 Å². The first-order valence-electron chi connectivity index (χ1n) is 6.22. The van der Waals surface area contributed by atoms with Crippen molar-refractivity contribution in [2.75, 3.05) is 27.9 Å². The summed E-state index contributed by atoms with van der Waals surface area (Å²) in [6.07, 6.45) is 3.43. The number of hydrogen-bond donors (Lipinski definition) is 1. The minimum Gasteiger partial charge on any atom is -0.493 e. The van der Waals surface area contributed by atoms with Crippen molar-refractivity contribution in [2.24, 2.45) is 5.73 Å². The molecule has 1 aromatic carbocycles. The first-order valence-corrected chi connectivity index (χ1v) is 6.22. The molecular weight excluding hydrogens is 230 g/mol. The average molecular weight is 251 g/mol. The van der Waals surface area contributed by atoms with Gasteiger partial charge in [-0.3, -0.25) is 0 Å². The molecule has 1 saturated carbocycles. The van der Waals surface area contributed by atoms with Crippen molar-refractivity contribution in [1.82, 2.24) is 0 Å². The predicted octanol–water partition coefficient (Wildman–Crippen LogP) is 2.09. The largest absolute Gasteiger partial charge is 0.493 e. The molecule has 1 aliphatic carbocycles. The van der Waals surface area contributed by atoms with Crippen LogP contribution < -0.4 is 19.9 Å². The molecular formula is C14H21NO3. The Balaban J connectivity index is 2.54. The quantitative estimate of drug-likeness (QED) is 0.870. The second-order valence-corrected chi connectivity index (χ2v) is 4.72. The molecule has 18 heavy (non-hydrogen) atoms. The minimum absolute atomic E-state index is 0.0465. The molecule has 0 aliphatic heterocycles. The van der Waals surface area contributed by atoms with Gasteiger partial charge in [-0.1, -0.05) is 12.5 Å². The Morgan fingerprint density at radius 1 is 1.06 bits per heavy atom. The third kappa shape index (κ3) is 1.81. The van der Waals surface area contributed by atoms with Crippen molar-refractivity contribution in [2.45, 2.75) is 24.7 Å². The standard InChI is InChI=1S/C14H21NO3/c1-16-11-6-5-10(12(17-2)13(11)18-3)14(9-15)7-4-8-14/h5-6H,4,7-9,15H2,1-3H3. The molecule has 0 saturated heterocycles. The van der Waals surface area contributed by atoms with Crippen molar-refractivity contribution < 1.29 is 14.2 Å². The van der Waals surface area contributed by atoms with E-state index in [1.807, 2.05) is 12.1 Å². The van der Waals surface area contributed by atoms with Crippen LogP contribution in [0.25, 0.3) is 0 Å². The van der Waals surface area contributed by atoms with Crippen molar-refractivity contribution in [1.29, 1.82) is 0 Å². The molecule has 0 spiro atoms. The van der Waals surface area contributed by atoms with E-state index in [2.05, 4.69) is 0 Å². The van der Waals surface area contributed by atoms with E-state index in [4.69, 9.17) is 19.9 Å². The highest BCUT2D eigenvalue weighted by molar-refractivity contribution is 5.58. The smallest absolute Gasteiger partial charge is 0.203 e. The Morgan fingerprint density at radius 3 is 2.11 bits per heavy atom. The van der Waals surface area contributed by atoms with Crippen LogP contribution in [0, 0.1) is 0 Å². The van der Waals surface area contributed by atoms with Crippen molar-refractivity contribution in [3.8, 4) is 17.2 Å². The van der Waals surface area contributed by atoms with Gasteiger partial charge in [0.05, 0.1) is 21.3 Å². The molecule has 0 radical (unpaired) electrons. The van der Waals surface area contributed by atoms with E-state index in [-0.39, 0.29) is 5.41 Å². The molecule has 0 heterocycles. The van der Waals surface area contributed by atoms with Gasteiger partial charge < -0.3 is 19.9 Å². The summed E-state index contributed by atoms with van der Waals surface area (Å²) in [4.78, 5) is 0. The summed E-state index contributed by atoms with van der Waals surface area (Å²) in [6, 6.07) is 3.97. The number of hydrogen-bond acceptors (Lipinski definition) is 4. The molecule has 0 atom stereocenters. The van der Waals surface area contributed by atoms with Crippen LogP contribution in [0.5, 0.6) is 17.2 Å². The van der Waals surface area contributed by atoms with Crippen molar-refractivity contribution >= 4 is 0 Å². The van der Waals surface area contributed by atoms with Crippen LogP contribution in [0.4, 0.5) is 0 Å². The van der Waals surface area contributed by atoms with Gasteiger partial charge in [-0.15, -0.1) is 0 Å². The number of methoxy groups -OCH3 is 3. The average Bonchev–Trinajstić information content (AvgIpc) is 2.37. The molecule has 2 rings (SSSR count). The van der Waals surface area contributed by atoms with Gasteiger partial charge in [0.2, 0.25) is 5.75 Å². The zero-order valence-corrected chi connectivity index (χ0v) is 11.3. The molecule has 0 bridgehead atoms. The zero-order valence-electron chi connectivity index (χ0n) is 11.3. The van der Waals surface area contributed by atoms with E-state index in [0.29, 0.717) is 18.0 Å². The van der Waals surface area contributed by atoms with E-state index in [9.17, 15) is 0 Å². The maximum Gasteiger partial charge on any atom is 0.203 e. The van der Waals surface area contributed by atoms with Crippen LogP contribution in [0.1, 0.15) is 24.8 Å². The number of nitrogens with two attached hydrogens (primary N) is 1. The maximum absolute atomic E-state index is 5.96. The molecule has 1 aliphatic rings. The lowest BCUT2D eigenvalue weighted by Gasteiger charge is -2.42. The number of benzene rings is 1. The van der Waals surface area contributed by atoms with Crippen molar-refractivity contribution in [3.05, 3.63) is 17.7 Å².